The third-order valence-electron chi connectivity index (χ3n) is 1.42. The van der Waals surface area contributed by atoms with Crippen LogP contribution in [0.4, 0.5) is 5.13 Å². The summed E-state index contributed by atoms with van der Waals surface area (Å²) in [5, 5.41) is 12.2. The van der Waals surface area contributed by atoms with Gasteiger partial charge in [-0.15, -0.1) is 0 Å². The zero-order chi connectivity index (χ0) is 12.8. The summed E-state index contributed by atoms with van der Waals surface area (Å²) in [4.78, 5) is 29.6. The summed E-state index contributed by atoms with van der Waals surface area (Å²) in [6.45, 7) is -0.507. The second-order valence-electron chi connectivity index (χ2n) is 2.55. The number of aromatic nitrogens is 2. The van der Waals surface area contributed by atoms with Gasteiger partial charge in [-0.05, 0) is 0 Å². The molecule has 0 bridgehead atoms. The van der Waals surface area contributed by atoms with Crippen molar-refractivity contribution in [1.82, 2.24) is 9.36 Å². The molecule has 1 aromatic rings. The van der Waals surface area contributed by atoms with Gasteiger partial charge in [0.1, 0.15) is 0 Å². The summed E-state index contributed by atoms with van der Waals surface area (Å²) in [6.07, 6.45) is 0. The number of carboxylic acids is 1. The number of oxime groups is 1. The van der Waals surface area contributed by atoms with Crippen LogP contribution in [-0.2, 0) is 19.2 Å². The van der Waals surface area contributed by atoms with Crippen molar-refractivity contribution in [3.8, 4) is 0 Å². The summed E-state index contributed by atoms with van der Waals surface area (Å²) in [5.41, 5.74) is 4.76. The molecule has 0 radical (unpaired) electrons. The molecule has 0 atom stereocenters. The Morgan fingerprint density at radius 1 is 1.59 bits per heavy atom. The molecule has 0 saturated heterocycles. The van der Waals surface area contributed by atoms with Gasteiger partial charge >= 0.3 is 11.9 Å². The Morgan fingerprint density at radius 3 is 2.76 bits per heavy atom. The topological polar surface area (TPSA) is 137 Å². The lowest BCUT2D eigenvalue weighted by molar-refractivity contribution is -0.146. The zero-order valence-electron chi connectivity index (χ0n) is 8.61. The molecule has 9 nitrogen and oxygen atoms in total. The van der Waals surface area contributed by atoms with Crippen molar-refractivity contribution in [3.05, 3.63) is 5.82 Å². The quantitative estimate of drug-likeness (QED) is 0.394. The molecular formula is C7H8N4O5S. The summed E-state index contributed by atoms with van der Waals surface area (Å²) in [7, 11) is 1.16. The number of carbonyl (C=O) groups excluding carboxylic acids is 1. The average molecular weight is 260 g/mol. The van der Waals surface area contributed by atoms with E-state index < -0.39 is 24.3 Å². The number of anilines is 1. The highest BCUT2D eigenvalue weighted by molar-refractivity contribution is 7.09. The van der Waals surface area contributed by atoms with Crippen LogP contribution < -0.4 is 5.73 Å². The monoisotopic (exact) mass is 260 g/mol. The van der Waals surface area contributed by atoms with Crippen LogP contribution in [0.5, 0.6) is 0 Å². The van der Waals surface area contributed by atoms with Gasteiger partial charge < -0.3 is 20.4 Å². The number of carboxylic acid groups (broad SMARTS) is 1. The molecule has 0 fully saturated rings. The fourth-order valence-electron chi connectivity index (χ4n) is 0.715. The molecule has 0 saturated carbocycles. The van der Waals surface area contributed by atoms with Crippen molar-refractivity contribution < 1.29 is 24.3 Å². The fraction of sp³-hybridized carbons (Fsp3) is 0.286. The van der Waals surface area contributed by atoms with Crippen molar-refractivity contribution in [2.24, 2.45) is 5.16 Å². The Labute approximate surface area is 99.0 Å². The lowest BCUT2D eigenvalue weighted by Gasteiger charge is -1.98. The maximum atomic E-state index is 10.8. The zero-order valence-corrected chi connectivity index (χ0v) is 9.43. The van der Waals surface area contributed by atoms with Crippen LogP contribution in [0.25, 0.3) is 0 Å². The van der Waals surface area contributed by atoms with Crippen molar-refractivity contribution >= 4 is 34.3 Å². The molecule has 1 rings (SSSR count). The van der Waals surface area contributed by atoms with Crippen LogP contribution in [0.2, 0.25) is 0 Å². The number of nitrogen functional groups attached to an aromatic ring is 1. The Balaban J connectivity index is 2.76. The number of ether oxygens (including phenoxy) is 1. The second-order valence-corrected chi connectivity index (χ2v) is 3.33. The normalized spacial score (nSPS) is 11.0. The van der Waals surface area contributed by atoms with Gasteiger partial charge in [-0.3, -0.25) is 0 Å². The first-order valence-electron chi connectivity index (χ1n) is 4.14. The van der Waals surface area contributed by atoms with Gasteiger partial charge in [0.25, 0.3) is 0 Å². The molecule has 3 N–H and O–H groups in total. The van der Waals surface area contributed by atoms with Gasteiger partial charge in [0, 0.05) is 11.5 Å². The summed E-state index contributed by atoms with van der Waals surface area (Å²) >= 11 is 0.820. The molecule has 0 aliphatic heterocycles. The highest BCUT2D eigenvalue weighted by Gasteiger charge is 2.19. The van der Waals surface area contributed by atoms with Crippen molar-refractivity contribution in [1.29, 1.82) is 0 Å². The van der Waals surface area contributed by atoms with Crippen LogP contribution in [0.15, 0.2) is 5.16 Å². The lowest BCUT2D eigenvalue weighted by Crippen LogP contribution is -2.18. The number of hydrogen-bond acceptors (Lipinski definition) is 9. The van der Waals surface area contributed by atoms with Crippen LogP contribution in [0, 0.1) is 0 Å². The molecule has 1 aromatic heterocycles. The molecular weight excluding hydrogens is 252 g/mol. The van der Waals surface area contributed by atoms with Gasteiger partial charge in [0.15, 0.2) is 5.13 Å². The summed E-state index contributed by atoms with van der Waals surface area (Å²) in [5.74, 6) is -2.26. The minimum Gasteiger partial charge on any atom is -0.476 e. The van der Waals surface area contributed by atoms with E-state index in [2.05, 4.69) is 24.1 Å². The van der Waals surface area contributed by atoms with Gasteiger partial charge in [-0.1, -0.05) is 5.16 Å². The number of nitrogens with two attached hydrogens (primary N) is 1. The molecule has 0 aliphatic rings. The maximum absolute atomic E-state index is 10.8. The Morgan fingerprint density at radius 2 is 2.29 bits per heavy atom. The van der Waals surface area contributed by atoms with E-state index in [1.807, 2.05) is 0 Å². The van der Waals surface area contributed by atoms with Gasteiger partial charge in [0.2, 0.25) is 18.1 Å². The largest absolute Gasteiger partial charge is 0.476 e. The number of carbonyl (C=O) groups is 2. The van der Waals surface area contributed by atoms with E-state index in [9.17, 15) is 9.59 Å². The van der Waals surface area contributed by atoms with Crippen LogP contribution in [-0.4, -0.2) is 45.8 Å². The molecule has 1 heterocycles. The smallest absolute Gasteiger partial charge is 0.362 e. The number of rotatable bonds is 5. The number of hydrogen-bond donors (Lipinski definition) is 2. The van der Waals surface area contributed by atoms with E-state index in [0.717, 1.165) is 18.6 Å². The number of aliphatic carboxylic acids is 1. The molecule has 0 aromatic carbocycles. The Bertz CT molecular complexity index is 457. The molecule has 0 unspecified atom stereocenters. The minimum atomic E-state index is -1.40. The van der Waals surface area contributed by atoms with Crippen LogP contribution in [0.1, 0.15) is 5.82 Å². The van der Waals surface area contributed by atoms with Gasteiger partial charge in [-0.2, -0.15) is 9.36 Å². The molecule has 0 amide bonds. The van der Waals surface area contributed by atoms with Crippen LogP contribution >= 0.6 is 11.5 Å². The first-order chi connectivity index (χ1) is 8.04. The van der Waals surface area contributed by atoms with Crippen LogP contribution in [0.3, 0.4) is 0 Å². The Kier molecular flexibility index (Phi) is 4.34. The van der Waals surface area contributed by atoms with E-state index in [0.29, 0.717) is 0 Å². The molecule has 10 heteroatoms. The highest BCUT2D eigenvalue weighted by Crippen LogP contribution is 2.07. The average Bonchev–Trinajstić information content (AvgIpc) is 2.70. The number of nitrogens with zero attached hydrogens (tertiary/aromatic N) is 3. The van der Waals surface area contributed by atoms with E-state index in [-0.39, 0.29) is 11.0 Å². The van der Waals surface area contributed by atoms with E-state index in [1.165, 1.54) is 0 Å². The lowest BCUT2D eigenvalue weighted by atomic mass is 10.4. The minimum absolute atomic E-state index is 0.0990. The highest BCUT2D eigenvalue weighted by atomic mass is 32.1. The predicted octanol–water partition coefficient (Wildman–Crippen LogP) is -0.901. The molecule has 0 spiro atoms. The number of methoxy groups -OCH3 is 1. The van der Waals surface area contributed by atoms with Crippen molar-refractivity contribution in [2.75, 3.05) is 19.5 Å². The first-order valence-corrected chi connectivity index (χ1v) is 4.91. The maximum Gasteiger partial charge on any atom is 0.362 e. The number of esters is 1. The third kappa shape index (κ3) is 3.68. The standard InChI is InChI=1S/C7H8N4O5S/c1-15-3(12)2-16-10-4(6(13)14)5-9-7(8)17-11-5/h2H2,1H3,(H,13,14)(H2,8,9,11). The predicted molar refractivity (Wildman–Crippen MR) is 56.5 cm³/mol. The SMILES string of the molecule is COC(=O)CON=C(C(=O)O)c1nsc(N)n1. The van der Waals surface area contributed by atoms with E-state index in [1.54, 1.807) is 0 Å². The van der Waals surface area contributed by atoms with Gasteiger partial charge in [-0.25, -0.2) is 9.59 Å². The summed E-state index contributed by atoms with van der Waals surface area (Å²) in [6, 6.07) is 0. The first kappa shape index (κ1) is 12.8. The van der Waals surface area contributed by atoms with E-state index >= 15 is 0 Å². The molecule has 0 aliphatic carbocycles. The van der Waals surface area contributed by atoms with Crippen molar-refractivity contribution in [2.45, 2.75) is 0 Å². The van der Waals surface area contributed by atoms with Gasteiger partial charge in [0.05, 0.1) is 7.11 Å². The fourth-order valence-corrected chi connectivity index (χ4v) is 1.15. The van der Waals surface area contributed by atoms with E-state index in [4.69, 9.17) is 10.8 Å². The molecule has 17 heavy (non-hydrogen) atoms. The van der Waals surface area contributed by atoms with Crippen molar-refractivity contribution in [3.63, 3.8) is 0 Å². The second kappa shape index (κ2) is 5.75. The third-order valence-corrected chi connectivity index (χ3v) is 1.96. The summed E-state index contributed by atoms with van der Waals surface area (Å²) < 4.78 is 7.93. The Hall–Kier alpha value is -2.23. The molecule has 92 valence electrons.